The van der Waals surface area contributed by atoms with Gasteiger partial charge in [-0.25, -0.2) is 13.2 Å². The zero-order valence-corrected chi connectivity index (χ0v) is 23.1. The highest BCUT2D eigenvalue weighted by molar-refractivity contribution is 5.97. The molecule has 39 heavy (non-hydrogen) atoms. The predicted octanol–water partition coefficient (Wildman–Crippen LogP) is 6.71. The van der Waals surface area contributed by atoms with Gasteiger partial charge in [-0.3, -0.25) is 14.5 Å². The van der Waals surface area contributed by atoms with Crippen molar-refractivity contribution in [2.45, 2.75) is 83.2 Å². The van der Waals surface area contributed by atoms with E-state index in [4.69, 9.17) is 4.74 Å². The number of esters is 1. The number of halogens is 3. The molecule has 1 atom stereocenters. The number of para-hydroxylation sites is 1. The first kappa shape index (κ1) is 29.1. The van der Waals surface area contributed by atoms with Gasteiger partial charge in [-0.1, -0.05) is 44.2 Å². The Hall–Kier alpha value is -2.87. The second-order valence-corrected chi connectivity index (χ2v) is 11.4. The molecule has 0 bridgehead atoms. The molecular formula is C31H39F3N2O3. The number of carbonyl (C=O) groups excluding carboxylic acids is 2. The second-order valence-electron chi connectivity index (χ2n) is 11.4. The predicted molar refractivity (Wildman–Crippen MR) is 145 cm³/mol. The van der Waals surface area contributed by atoms with Gasteiger partial charge in [0.15, 0.2) is 0 Å². The number of ether oxygens (including phenoxy) is 1. The van der Waals surface area contributed by atoms with E-state index in [9.17, 15) is 22.8 Å². The number of hydrogen-bond donors (Lipinski definition) is 0. The molecule has 1 unspecified atom stereocenters. The number of carbonyl (C=O) groups is 2. The number of likely N-dealkylation sites (tertiary alicyclic amines) is 1. The van der Waals surface area contributed by atoms with Crippen LogP contribution in [0.4, 0.5) is 18.9 Å². The van der Waals surface area contributed by atoms with E-state index >= 15 is 0 Å². The lowest BCUT2D eigenvalue weighted by molar-refractivity contribution is -0.158. The van der Waals surface area contributed by atoms with E-state index in [0.29, 0.717) is 56.6 Å². The van der Waals surface area contributed by atoms with Crippen molar-refractivity contribution in [1.82, 2.24) is 4.90 Å². The van der Waals surface area contributed by atoms with E-state index in [-0.39, 0.29) is 30.5 Å². The number of methoxy groups -OCH3 is 1. The van der Waals surface area contributed by atoms with Gasteiger partial charge in [0.25, 0.3) is 0 Å². The third-order valence-corrected chi connectivity index (χ3v) is 8.34. The summed E-state index contributed by atoms with van der Waals surface area (Å²) in [5.41, 5.74) is 1.03. The number of anilines is 1. The Bertz CT molecular complexity index is 1150. The Morgan fingerprint density at radius 2 is 1.77 bits per heavy atom. The summed E-state index contributed by atoms with van der Waals surface area (Å²) >= 11 is 0. The first-order chi connectivity index (χ1) is 18.5. The van der Waals surface area contributed by atoms with Gasteiger partial charge >= 0.3 is 5.97 Å². The highest BCUT2D eigenvalue weighted by atomic mass is 19.3. The molecule has 1 saturated heterocycles. The van der Waals surface area contributed by atoms with Gasteiger partial charge in [-0.2, -0.15) is 0 Å². The van der Waals surface area contributed by atoms with Crippen LogP contribution in [0, 0.1) is 11.2 Å². The Morgan fingerprint density at radius 1 is 1.08 bits per heavy atom. The number of alkyl halides is 2. The summed E-state index contributed by atoms with van der Waals surface area (Å²) in [6.45, 7) is 5.42. The van der Waals surface area contributed by atoms with Gasteiger partial charge < -0.3 is 9.64 Å². The van der Waals surface area contributed by atoms with Crippen molar-refractivity contribution in [3.63, 3.8) is 0 Å². The molecule has 5 nitrogen and oxygen atoms in total. The lowest BCUT2D eigenvalue weighted by Crippen LogP contribution is -2.51. The van der Waals surface area contributed by atoms with Crippen molar-refractivity contribution in [3.05, 3.63) is 65.5 Å². The standard InChI is InChI=1S/C31H39F3N2O3/c1-22(2)23-11-12-24(27(32)18-23)21-35-16-14-30(15-17-35,29(38)39-3)20-28(37)36(25-8-5-4-6-9-25)26-10-7-13-31(33,34)19-26/h4-6,8-9,11-12,18,22,26H,7,10,13-17,19-21H2,1-3H3. The minimum atomic E-state index is -2.83. The van der Waals surface area contributed by atoms with Gasteiger partial charge in [-0.15, -0.1) is 0 Å². The van der Waals surface area contributed by atoms with Crippen LogP contribution in [0.5, 0.6) is 0 Å². The topological polar surface area (TPSA) is 49.9 Å². The normalized spacial score (nSPS) is 20.9. The molecule has 1 amide bonds. The molecular weight excluding hydrogens is 505 g/mol. The first-order valence-corrected chi connectivity index (χ1v) is 13.9. The molecule has 0 N–H and O–H groups in total. The third-order valence-electron chi connectivity index (χ3n) is 8.34. The maximum atomic E-state index is 14.7. The Kier molecular flexibility index (Phi) is 9.04. The van der Waals surface area contributed by atoms with E-state index in [2.05, 4.69) is 4.90 Å². The van der Waals surface area contributed by atoms with Crippen LogP contribution in [0.2, 0.25) is 0 Å². The molecule has 2 fully saturated rings. The largest absolute Gasteiger partial charge is 0.469 e. The van der Waals surface area contributed by atoms with Crippen LogP contribution in [-0.2, 0) is 20.9 Å². The molecule has 212 valence electrons. The number of piperidine rings is 1. The number of benzene rings is 2. The van der Waals surface area contributed by atoms with Crippen molar-refractivity contribution in [3.8, 4) is 0 Å². The van der Waals surface area contributed by atoms with Crippen molar-refractivity contribution in [2.24, 2.45) is 5.41 Å². The fraction of sp³-hybridized carbons (Fsp3) is 0.548. The number of hydrogen-bond acceptors (Lipinski definition) is 4. The Balaban J connectivity index is 1.51. The third kappa shape index (κ3) is 6.83. The Labute approximate surface area is 229 Å². The molecule has 2 aromatic rings. The van der Waals surface area contributed by atoms with Crippen molar-refractivity contribution >= 4 is 17.6 Å². The summed E-state index contributed by atoms with van der Waals surface area (Å²) in [5.74, 6) is -3.66. The summed E-state index contributed by atoms with van der Waals surface area (Å²) in [7, 11) is 1.31. The molecule has 1 heterocycles. The summed E-state index contributed by atoms with van der Waals surface area (Å²) in [4.78, 5) is 30.5. The average molecular weight is 545 g/mol. The van der Waals surface area contributed by atoms with Crippen LogP contribution in [0.3, 0.4) is 0 Å². The van der Waals surface area contributed by atoms with Gasteiger partial charge in [0.05, 0.1) is 12.5 Å². The summed E-state index contributed by atoms with van der Waals surface area (Å²) in [6, 6.07) is 13.5. The maximum Gasteiger partial charge on any atom is 0.312 e. The van der Waals surface area contributed by atoms with Crippen LogP contribution in [0.15, 0.2) is 48.5 Å². The smallest absolute Gasteiger partial charge is 0.312 e. The lowest BCUT2D eigenvalue weighted by Gasteiger charge is -2.42. The zero-order valence-electron chi connectivity index (χ0n) is 23.1. The molecule has 4 rings (SSSR count). The summed E-state index contributed by atoms with van der Waals surface area (Å²) < 4.78 is 48.7. The van der Waals surface area contributed by atoms with Gasteiger partial charge in [0.1, 0.15) is 5.82 Å². The number of rotatable bonds is 8. The molecule has 0 radical (unpaired) electrons. The van der Waals surface area contributed by atoms with Crippen LogP contribution < -0.4 is 4.90 Å². The molecule has 2 aromatic carbocycles. The van der Waals surface area contributed by atoms with Gasteiger partial charge in [0, 0.05) is 43.1 Å². The highest BCUT2D eigenvalue weighted by Crippen LogP contribution is 2.41. The van der Waals surface area contributed by atoms with Crippen molar-refractivity contribution < 1.29 is 27.5 Å². The first-order valence-electron chi connectivity index (χ1n) is 13.9. The SMILES string of the molecule is COC(=O)C1(CC(=O)N(c2ccccc2)C2CCCC(F)(F)C2)CCN(Cc2ccc(C(C)C)cc2F)CC1. The van der Waals surface area contributed by atoms with E-state index in [1.165, 1.54) is 12.0 Å². The Morgan fingerprint density at radius 3 is 2.36 bits per heavy atom. The fourth-order valence-corrected chi connectivity index (χ4v) is 5.99. The van der Waals surface area contributed by atoms with Crippen LogP contribution in [-0.4, -0.2) is 48.9 Å². The zero-order chi connectivity index (χ0) is 28.2. The quantitative estimate of drug-likeness (QED) is 0.347. The highest BCUT2D eigenvalue weighted by Gasteiger charge is 2.47. The lowest BCUT2D eigenvalue weighted by atomic mass is 9.74. The van der Waals surface area contributed by atoms with Crippen LogP contribution >= 0.6 is 0 Å². The average Bonchev–Trinajstić information content (AvgIpc) is 2.90. The molecule has 1 aliphatic carbocycles. The molecule has 0 spiro atoms. The van der Waals surface area contributed by atoms with E-state index < -0.39 is 29.8 Å². The van der Waals surface area contributed by atoms with Gasteiger partial charge in [-0.05, 0) is 68.5 Å². The van der Waals surface area contributed by atoms with E-state index in [0.717, 1.165) is 5.56 Å². The van der Waals surface area contributed by atoms with E-state index in [1.807, 2.05) is 32.0 Å². The van der Waals surface area contributed by atoms with Gasteiger partial charge in [0.2, 0.25) is 11.8 Å². The minimum Gasteiger partial charge on any atom is -0.469 e. The maximum absolute atomic E-state index is 14.7. The second kappa shape index (κ2) is 12.1. The minimum absolute atomic E-state index is 0.123. The van der Waals surface area contributed by atoms with Crippen molar-refractivity contribution in [2.75, 3.05) is 25.1 Å². The summed E-state index contributed by atoms with van der Waals surface area (Å²) in [5, 5.41) is 0. The molecule has 8 heteroatoms. The fourth-order valence-electron chi connectivity index (χ4n) is 5.99. The molecule has 1 aliphatic heterocycles. The number of nitrogens with zero attached hydrogens (tertiary/aromatic N) is 2. The van der Waals surface area contributed by atoms with Crippen molar-refractivity contribution in [1.29, 1.82) is 0 Å². The van der Waals surface area contributed by atoms with E-state index in [1.54, 1.807) is 30.3 Å². The monoisotopic (exact) mass is 544 g/mol. The number of amides is 1. The molecule has 2 aliphatic rings. The molecule has 0 aromatic heterocycles. The van der Waals surface area contributed by atoms with Crippen LogP contribution in [0.1, 0.15) is 75.8 Å². The summed E-state index contributed by atoms with van der Waals surface area (Å²) in [6.07, 6.45) is 0.844. The molecule has 1 saturated carbocycles. The van der Waals surface area contributed by atoms with Crippen LogP contribution in [0.25, 0.3) is 0 Å².